The van der Waals surface area contributed by atoms with Crippen LogP contribution in [0, 0.1) is 6.92 Å². The Morgan fingerprint density at radius 1 is 1.16 bits per heavy atom. The summed E-state index contributed by atoms with van der Waals surface area (Å²) < 4.78 is 5.80. The summed E-state index contributed by atoms with van der Waals surface area (Å²) in [5, 5.41) is 11.9. The molecule has 1 aliphatic rings. The Kier molecular flexibility index (Phi) is 7.58. The Bertz CT molecular complexity index is 1050. The normalized spacial score (nSPS) is 17.2. The van der Waals surface area contributed by atoms with Crippen molar-refractivity contribution in [2.24, 2.45) is 0 Å². The molecule has 1 N–H and O–H groups in total. The molecule has 0 aliphatic carbocycles. The van der Waals surface area contributed by atoms with Gasteiger partial charge in [-0.2, -0.15) is 0 Å². The Morgan fingerprint density at radius 2 is 1.94 bits per heavy atom. The van der Waals surface area contributed by atoms with Crippen LogP contribution < -0.4 is 4.90 Å². The van der Waals surface area contributed by atoms with Crippen LogP contribution in [-0.2, 0) is 4.74 Å². The molecule has 2 atom stereocenters. The fraction of sp³-hybridized carbons (Fsp3) is 0.346. The second-order valence-corrected chi connectivity index (χ2v) is 8.27. The number of ether oxygens (including phenoxy) is 1. The van der Waals surface area contributed by atoms with Crippen LogP contribution in [-0.4, -0.2) is 36.9 Å². The second-order valence-electron chi connectivity index (χ2n) is 8.27. The van der Waals surface area contributed by atoms with Crippen molar-refractivity contribution in [3.05, 3.63) is 77.4 Å². The molecule has 3 aromatic carbocycles. The van der Waals surface area contributed by atoms with Crippen molar-refractivity contribution in [1.82, 2.24) is 0 Å². The van der Waals surface area contributed by atoms with Crippen LogP contribution >= 0.6 is 12.4 Å². The maximum absolute atomic E-state index is 11.3. The lowest BCUT2D eigenvalue weighted by atomic mass is 9.90. The maximum Gasteiger partial charge on any atom is 0.335 e. The Balaban J connectivity index is 0.00000272. The molecule has 0 saturated carbocycles. The van der Waals surface area contributed by atoms with Crippen LogP contribution in [0.25, 0.3) is 10.8 Å². The largest absolute Gasteiger partial charge is 0.478 e. The van der Waals surface area contributed by atoms with Gasteiger partial charge in [0.2, 0.25) is 0 Å². The number of fused-ring (bicyclic) bond motifs is 1. The molecule has 0 aromatic heterocycles. The Morgan fingerprint density at radius 3 is 2.71 bits per heavy atom. The van der Waals surface area contributed by atoms with E-state index in [9.17, 15) is 9.90 Å². The molecule has 164 valence electrons. The molecule has 31 heavy (non-hydrogen) atoms. The maximum atomic E-state index is 11.3. The van der Waals surface area contributed by atoms with Gasteiger partial charge in [-0.15, -0.1) is 12.4 Å². The Labute approximate surface area is 190 Å². The number of morpholine rings is 1. The minimum Gasteiger partial charge on any atom is -0.478 e. The highest BCUT2D eigenvalue weighted by atomic mass is 35.5. The van der Waals surface area contributed by atoms with Crippen LogP contribution in [0.15, 0.2) is 60.7 Å². The number of aryl methyl sites for hydroxylation is 1. The van der Waals surface area contributed by atoms with E-state index in [1.54, 1.807) is 6.07 Å². The summed E-state index contributed by atoms with van der Waals surface area (Å²) in [5.74, 6) is -0.419. The lowest BCUT2D eigenvalue weighted by Gasteiger charge is -2.38. The van der Waals surface area contributed by atoms with Gasteiger partial charge in [0, 0.05) is 12.2 Å². The molecule has 4 nitrogen and oxygen atoms in total. The number of carboxylic acid groups (broad SMARTS) is 1. The zero-order valence-electron chi connectivity index (χ0n) is 18.1. The number of anilines is 1. The summed E-state index contributed by atoms with van der Waals surface area (Å²) in [5.41, 5.74) is 3.66. The number of nitrogens with zero attached hydrogens (tertiary/aromatic N) is 1. The third kappa shape index (κ3) is 5.03. The first-order chi connectivity index (χ1) is 14.5. The standard InChI is InChI=1S/C26H29NO3.ClH/c1-18(23-9-5-7-20-6-3-4-8-25(20)23)10-11-22-17-30-15-14-27(22)21-12-13-24(26(28)29)19(2)16-21;/h3-9,12-13,16,18,22H,10-11,14-15,17H2,1-2H3,(H,28,29);1H/t18-,22?;/m0./s1. The van der Waals surface area contributed by atoms with Gasteiger partial charge >= 0.3 is 5.97 Å². The molecule has 1 aliphatic heterocycles. The van der Waals surface area contributed by atoms with Gasteiger partial charge < -0.3 is 14.7 Å². The summed E-state index contributed by atoms with van der Waals surface area (Å²) in [4.78, 5) is 13.7. The first-order valence-corrected chi connectivity index (χ1v) is 10.7. The number of hydrogen-bond acceptors (Lipinski definition) is 3. The van der Waals surface area contributed by atoms with E-state index in [-0.39, 0.29) is 12.4 Å². The van der Waals surface area contributed by atoms with Crippen LogP contribution in [0.1, 0.15) is 47.2 Å². The number of benzene rings is 3. The average Bonchev–Trinajstić information content (AvgIpc) is 2.77. The molecule has 1 unspecified atom stereocenters. The van der Waals surface area contributed by atoms with Gasteiger partial charge in [-0.25, -0.2) is 4.79 Å². The fourth-order valence-corrected chi connectivity index (χ4v) is 4.58. The van der Waals surface area contributed by atoms with Crippen molar-refractivity contribution in [3.8, 4) is 0 Å². The van der Waals surface area contributed by atoms with E-state index in [4.69, 9.17) is 4.74 Å². The first kappa shape index (κ1) is 23.1. The van der Waals surface area contributed by atoms with Crippen molar-refractivity contribution in [3.63, 3.8) is 0 Å². The molecular formula is C26H30ClNO3. The molecule has 5 heteroatoms. The lowest BCUT2D eigenvalue weighted by molar-refractivity contribution is 0.0696. The molecular weight excluding hydrogens is 410 g/mol. The number of carbonyl (C=O) groups is 1. The van der Waals surface area contributed by atoms with Crippen LogP contribution in [0.3, 0.4) is 0 Å². The van der Waals surface area contributed by atoms with E-state index in [0.717, 1.165) is 30.6 Å². The second kappa shape index (κ2) is 10.2. The highest BCUT2D eigenvalue weighted by Gasteiger charge is 2.25. The predicted octanol–water partition coefficient (Wildman–Crippen LogP) is 6.06. The number of halogens is 1. The first-order valence-electron chi connectivity index (χ1n) is 10.7. The minimum absolute atomic E-state index is 0. The molecule has 4 rings (SSSR count). The van der Waals surface area contributed by atoms with Gasteiger partial charge in [-0.05, 0) is 65.8 Å². The smallest absolute Gasteiger partial charge is 0.335 e. The van der Waals surface area contributed by atoms with E-state index in [2.05, 4.69) is 54.3 Å². The topological polar surface area (TPSA) is 49.8 Å². The summed E-state index contributed by atoms with van der Waals surface area (Å²) >= 11 is 0. The van der Waals surface area contributed by atoms with Gasteiger partial charge in [-0.1, -0.05) is 49.4 Å². The minimum atomic E-state index is -0.874. The zero-order chi connectivity index (χ0) is 21.1. The van der Waals surface area contributed by atoms with Crippen LogP contribution in [0.2, 0.25) is 0 Å². The molecule has 1 saturated heterocycles. The van der Waals surface area contributed by atoms with Crippen molar-refractivity contribution in [2.75, 3.05) is 24.7 Å². The van der Waals surface area contributed by atoms with Crippen LogP contribution in [0.4, 0.5) is 5.69 Å². The van der Waals surface area contributed by atoms with E-state index in [1.165, 1.54) is 16.3 Å². The third-order valence-corrected chi connectivity index (χ3v) is 6.29. The van der Waals surface area contributed by atoms with Gasteiger partial charge in [0.1, 0.15) is 0 Å². The third-order valence-electron chi connectivity index (χ3n) is 6.29. The highest BCUT2D eigenvalue weighted by Crippen LogP contribution is 2.31. The quantitative estimate of drug-likeness (QED) is 0.507. The van der Waals surface area contributed by atoms with Gasteiger partial charge in [0.05, 0.1) is 24.8 Å². The van der Waals surface area contributed by atoms with Crippen molar-refractivity contribution in [2.45, 2.75) is 38.6 Å². The summed E-state index contributed by atoms with van der Waals surface area (Å²) in [6.45, 7) is 6.42. The average molecular weight is 440 g/mol. The van der Waals surface area contributed by atoms with Gasteiger partial charge in [0.25, 0.3) is 0 Å². The van der Waals surface area contributed by atoms with E-state index < -0.39 is 5.97 Å². The van der Waals surface area contributed by atoms with Crippen molar-refractivity contribution < 1.29 is 14.6 Å². The number of aromatic carboxylic acids is 1. The molecule has 0 amide bonds. The highest BCUT2D eigenvalue weighted by molar-refractivity contribution is 5.90. The van der Waals surface area contributed by atoms with Crippen LogP contribution in [0.5, 0.6) is 0 Å². The van der Waals surface area contributed by atoms with Crippen molar-refractivity contribution >= 4 is 34.8 Å². The molecule has 0 bridgehead atoms. The van der Waals surface area contributed by atoms with E-state index in [1.807, 2.05) is 19.1 Å². The molecule has 0 radical (unpaired) electrons. The molecule has 0 spiro atoms. The SMILES string of the molecule is Cc1cc(N2CCOCC2CC[C@H](C)c2cccc3ccccc23)ccc1C(=O)O.Cl. The summed E-state index contributed by atoms with van der Waals surface area (Å²) in [7, 11) is 0. The van der Waals surface area contributed by atoms with E-state index >= 15 is 0 Å². The van der Waals surface area contributed by atoms with Crippen molar-refractivity contribution in [1.29, 1.82) is 0 Å². The van der Waals surface area contributed by atoms with E-state index in [0.29, 0.717) is 30.7 Å². The lowest BCUT2D eigenvalue weighted by Crippen LogP contribution is -2.45. The number of carboxylic acids is 1. The molecule has 3 aromatic rings. The van der Waals surface area contributed by atoms with Gasteiger partial charge in [0.15, 0.2) is 0 Å². The molecule has 1 heterocycles. The molecule has 1 fully saturated rings. The Hall–Kier alpha value is -2.56. The number of hydrogen-bond donors (Lipinski definition) is 1. The number of rotatable bonds is 6. The fourth-order valence-electron chi connectivity index (χ4n) is 4.58. The summed E-state index contributed by atoms with van der Waals surface area (Å²) in [6.07, 6.45) is 2.11. The zero-order valence-corrected chi connectivity index (χ0v) is 18.9. The van der Waals surface area contributed by atoms with Gasteiger partial charge in [-0.3, -0.25) is 0 Å². The monoisotopic (exact) mass is 439 g/mol. The summed E-state index contributed by atoms with van der Waals surface area (Å²) in [6, 6.07) is 21.1. The predicted molar refractivity (Wildman–Crippen MR) is 129 cm³/mol.